The van der Waals surface area contributed by atoms with Gasteiger partial charge >= 0.3 is 5.97 Å². The van der Waals surface area contributed by atoms with Crippen molar-refractivity contribution in [3.8, 4) is 5.75 Å². The van der Waals surface area contributed by atoms with Crippen molar-refractivity contribution in [2.24, 2.45) is 5.92 Å². The fourth-order valence-electron chi connectivity index (χ4n) is 4.62. The molecule has 0 spiro atoms. The van der Waals surface area contributed by atoms with Gasteiger partial charge in [0.1, 0.15) is 11.8 Å². The summed E-state index contributed by atoms with van der Waals surface area (Å²) in [5, 5.41) is 24.4. The maximum Gasteiger partial charge on any atom is 0.304 e. The van der Waals surface area contributed by atoms with Gasteiger partial charge in [-0.15, -0.1) is 0 Å². The number of nitrogens with one attached hydrogen (secondary N) is 3. The number of carboxylic acid groups (broad SMARTS) is 1. The van der Waals surface area contributed by atoms with Crippen molar-refractivity contribution in [3.63, 3.8) is 0 Å². The average molecular weight is 599 g/mol. The van der Waals surface area contributed by atoms with E-state index in [4.69, 9.17) is 4.74 Å². The summed E-state index contributed by atoms with van der Waals surface area (Å²) < 4.78 is 33.8. The van der Waals surface area contributed by atoms with Gasteiger partial charge in [-0.1, -0.05) is 64.0 Å². The lowest BCUT2D eigenvalue weighted by atomic mass is 9.95. The zero-order valence-corrected chi connectivity index (χ0v) is 24.8. The molecule has 0 bridgehead atoms. The van der Waals surface area contributed by atoms with Crippen molar-refractivity contribution < 1.29 is 37.8 Å². The number of hydrogen-bond donors (Lipinski definition) is 5. The van der Waals surface area contributed by atoms with Crippen LogP contribution in [0.2, 0.25) is 0 Å². The molecule has 0 unspecified atom stereocenters. The van der Waals surface area contributed by atoms with E-state index < -0.39 is 40.0 Å². The zero-order chi connectivity index (χ0) is 30.1. The molecule has 1 aromatic carbocycles. The predicted molar refractivity (Wildman–Crippen MR) is 154 cm³/mol. The Hall–Kier alpha value is -2.74. The number of ether oxygens (including phenoxy) is 1. The number of hydrogen-bond acceptors (Lipinski definition) is 7. The minimum Gasteiger partial charge on any atom is -0.508 e. The summed E-state index contributed by atoms with van der Waals surface area (Å²) in [6.07, 6.45) is 7.45. The lowest BCUT2D eigenvalue weighted by Crippen LogP contribution is -2.52. The first-order chi connectivity index (χ1) is 19.6. The third-order valence-electron chi connectivity index (χ3n) is 6.98. The smallest absolute Gasteiger partial charge is 0.304 e. The van der Waals surface area contributed by atoms with Gasteiger partial charge in [0.25, 0.3) is 10.2 Å². The van der Waals surface area contributed by atoms with Crippen LogP contribution in [0.1, 0.15) is 70.3 Å². The number of aliphatic carboxylic acids is 1. The summed E-state index contributed by atoms with van der Waals surface area (Å²) >= 11 is 0. The summed E-state index contributed by atoms with van der Waals surface area (Å²) in [6, 6.07) is 5.19. The molecule has 5 N–H and O–H groups in total. The monoisotopic (exact) mass is 598 g/mol. The first kappa shape index (κ1) is 34.5. The molecule has 0 aromatic heterocycles. The van der Waals surface area contributed by atoms with Crippen molar-refractivity contribution >= 4 is 28.0 Å². The number of carbonyl (C=O) groups is 3. The highest BCUT2D eigenvalue weighted by Gasteiger charge is 2.28. The Morgan fingerprint density at radius 3 is 2.22 bits per heavy atom. The average Bonchev–Trinajstić information content (AvgIpc) is 2.95. The van der Waals surface area contributed by atoms with E-state index in [1.165, 1.54) is 22.9 Å². The number of benzene rings is 1. The van der Waals surface area contributed by atoms with Gasteiger partial charge in [-0.3, -0.25) is 14.4 Å². The number of aromatic hydroxyl groups is 1. The molecule has 0 aliphatic carbocycles. The SMILES string of the molecule is CCCCCCCCC[C@@H](CC(=O)O)C(=O)N[C@H](Cc1ccc(O)cc1)C(=O)NCCNS(=O)(=O)N1CCOCC1. The van der Waals surface area contributed by atoms with Crippen LogP contribution in [-0.4, -0.2) is 86.2 Å². The number of phenolic OH excluding ortho intramolecular Hbond substituents is 1. The molecule has 1 heterocycles. The van der Waals surface area contributed by atoms with E-state index in [9.17, 15) is 33.0 Å². The van der Waals surface area contributed by atoms with E-state index in [-0.39, 0.29) is 44.8 Å². The molecule has 1 aromatic rings. The van der Waals surface area contributed by atoms with Crippen LogP contribution in [0.3, 0.4) is 0 Å². The molecule has 2 atom stereocenters. The van der Waals surface area contributed by atoms with E-state index in [1.807, 2.05) is 0 Å². The Morgan fingerprint density at radius 1 is 0.951 bits per heavy atom. The normalized spacial score (nSPS) is 15.6. The minimum atomic E-state index is -3.71. The van der Waals surface area contributed by atoms with Gasteiger partial charge in [0.05, 0.1) is 19.6 Å². The van der Waals surface area contributed by atoms with Crippen LogP contribution in [-0.2, 0) is 35.8 Å². The van der Waals surface area contributed by atoms with Gasteiger partial charge in [0.2, 0.25) is 11.8 Å². The molecule has 2 amide bonds. The topological polar surface area (TPSA) is 174 Å². The maximum absolute atomic E-state index is 13.2. The fourth-order valence-corrected chi connectivity index (χ4v) is 5.79. The van der Waals surface area contributed by atoms with Crippen LogP contribution in [0.4, 0.5) is 0 Å². The summed E-state index contributed by atoms with van der Waals surface area (Å²) in [7, 11) is -3.71. The Labute approximate surface area is 243 Å². The van der Waals surface area contributed by atoms with E-state index in [0.717, 1.165) is 38.5 Å². The van der Waals surface area contributed by atoms with Crippen LogP contribution in [0.15, 0.2) is 24.3 Å². The quantitative estimate of drug-likeness (QED) is 0.142. The Morgan fingerprint density at radius 2 is 1.59 bits per heavy atom. The van der Waals surface area contributed by atoms with Gasteiger partial charge in [0, 0.05) is 38.5 Å². The second-order valence-electron chi connectivity index (χ2n) is 10.3. The predicted octanol–water partition coefficient (Wildman–Crippen LogP) is 1.93. The molecular weight excluding hydrogens is 552 g/mol. The third-order valence-corrected chi connectivity index (χ3v) is 8.59. The number of phenols is 1. The number of rotatable bonds is 20. The highest BCUT2D eigenvalue weighted by molar-refractivity contribution is 7.87. The van der Waals surface area contributed by atoms with Gasteiger partial charge in [-0.25, -0.2) is 4.72 Å². The number of morpholine rings is 1. The van der Waals surface area contributed by atoms with Gasteiger partial charge in [-0.05, 0) is 24.1 Å². The Kier molecular flexibility index (Phi) is 15.7. The summed E-state index contributed by atoms with van der Waals surface area (Å²) in [5.74, 6) is -2.84. The molecule has 1 saturated heterocycles. The van der Waals surface area contributed by atoms with E-state index >= 15 is 0 Å². The molecule has 1 aliphatic heterocycles. The second kappa shape index (κ2) is 18.6. The molecule has 41 heavy (non-hydrogen) atoms. The summed E-state index contributed by atoms with van der Waals surface area (Å²) in [6.45, 7) is 3.22. The van der Waals surface area contributed by atoms with Gasteiger partial charge in [-0.2, -0.15) is 12.7 Å². The van der Waals surface area contributed by atoms with Gasteiger partial charge < -0.3 is 25.6 Å². The summed E-state index contributed by atoms with van der Waals surface area (Å²) in [5.41, 5.74) is 0.679. The first-order valence-electron chi connectivity index (χ1n) is 14.5. The van der Waals surface area contributed by atoms with E-state index in [0.29, 0.717) is 25.2 Å². The second-order valence-corrected chi connectivity index (χ2v) is 12.1. The number of unbranched alkanes of at least 4 members (excludes halogenated alkanes) is 6. The molecule has 1 fully saturated rings. The molecular formula is C28H46N4O8S. The first-order valence-corrected chi connectivity index (χ1v) is 16.0. The van der Waals surface area contributed by atoms with Crippen molar-refractivity contribution in [1.82, 2.24) is 19.7 Å². The fraction of sp³-hybridized carbons (Fsp3) is 0.679. The largest absolute Gasteiger partial charge is 0.508 e. The van der Waals surface area contributed by atoms with Crippen LogP contribution in [0.25, 0.3) is 0 Å². The minimum absolute atomic E-state index is 0.0130. The number of carboxylic acids is 1. The zero-order valence-electron chi connectivity index (χ0n) is 24.0. The van der Waals surface area contributed by atoms with Crippen LogP contribution < -0.4 is 15.4 Å². The van der Waals surface area contributed by atoms with Crippen LogP contribution >= 0.6 is 0 Å². The lowest BCUT2D eigenvalue weighted by molar-refractivity contribution is -0.141. The number of carbonyl (C=O) groups excluding carboxylic acids is 2. The highest BCUT2D eigenvalue weighted by atomic mass is 32.2. The van der Waals surface area contributed by atoms with Crippen molar-refractivity contribution in [3.05, 3.63) is 29.8 Å². The molecule has 232 valence electrons. The Bertz CT molecular complexity index is 1050. The van der Waals surface area contributed by atoms with Crippen molar-refractivity contribution in [1.29, 1.82) is 0 Å². The maximum atomic E-state index is 13.2. The van der Waals surface area contributed by atoms with Gasteiger partial charge in [0.15, 0.2) is 0 Å². The lowest BCUT2D eigenvalue weighted by Gasteiger charge is -2.26. The molecule has 2 rings (SSSR count). The van der Waals surface area contributed by atoms with Crippen LogP contribution in [0, 0.1) is 5.92 Å². The highest BCUT2D eigenvalue weighted by Crippen LogP contribution is 2.18. The Balaban J connectivity index is 1.97. The van der Waals surface area contributed by atoms with Crippen molar-refractivity contribution in [2.45, 2.75) is 77.2 Å². The third kappa shape index (κ3) is 13.6. The molecule has 0 radical (unpaired) electrons. The molecule has 0 saturated carbocycles. The standard InChI is InChI=1S/C28H46N4O8S/c1-2-3-4-5-6-7-8-9-23(21-26(34)35)27(36)31-25(20-22-10-12-24(33)13-11-22)28(37)29-14-15-30-41(38,39)32-16-18-40-19-17-32/h10-13,23,25,30,33H,2-9,14-21H2,1H3,(H,29,37)(H,31,36)(H,34,35)/t23-,25+/m0/s1. The molecule has 12 nitrogen and oxygen atoms in total. The number of nitrogens with zero attached hydrogens (tertiary/aromatic N) is 1. The van der Waals surface area contributed by atoms with Crippen LogP contribution in [0.5, 0.6) is 5.75 Å². The van der Waals surface area contributed by atoms with Crippen molar-refractivity contribution in [2.75, 3.05) is 39.4 Å². The van der Waals surface area contributed by atoms with E-state index in [1.54, 1.807) is 12.1 Å². The summed E-state index contributed by atoms with van der Waals surface area (Å²) in [4.78, 5) is 37.8. The molecule has 1 aliphatic rings. The molecule has 13 heteroatoms. The number of amides is 2. The van der Waals surface area contributed by atoms with E-state index in [2.05, 4.69) is 22.3 Å².